The van der Waals surface area contributed by atoms with Crippen LogP contribution < -0.4 is 10.0 Å². The summed E-state index contributed by atoms with van der Waals surface area (Å²) in [6.45, 7) is 1.11. The van der Waals surface area contributed by atoms with Crippen molar-refractivity contribution in [2.75, 3.05) is 5.32 Å². The fourth-order valence-corrected chi connectivity index (χ4v) is 3.11. The number of nitrogens with one attached hydrogen (secondary N) is 2. The first-order valence-corrected chi connectivity index (χ1v) is 9.01. The molecule has 8 heteroatoms. The maximum absolute atomic E-state index is 11.9. The number of halogens is 1. The Hall–Kier alpha value is -2.64. The van der Waals surface area contributed by atoms with E-state index in [0.717, 1.165) is 6.92 Å². The predicted molar refractivity (Wildman–Crippen MR) is 96.6 cm³/mol. The van der Waals surface area contributed by atoms with Crippen LogP contribution in [0.4, 0.5) is 5.69 Å². The van der Waals surface area contributed by atoms with Crippen LogP contribution in [0.5, 0.6) is 0 Å². The Morgan fingerprint density at radius 2 is 1.68 bits per heavy atom. The number of amides is 2. The van der Waals surface area contributed by atoms with Crippen molar-refractivity contribution in [2.45, 2.75) is 11.8 Å². The summed E-state index contributed by atoms with van der Waals surface area (Å²) in [4.78, 5) is 22.7. The minimum absolute atomic E-state index is 0.0766. The lowest BCUT2D eigenvalue weighted by Gasteiger charge is -2.06. The molecule has 2 aromatic rings. The van der Waals surface area contributed by atoms with Crippen LogP contribution in [0, 0.1) is 0 Å². The Balaban J connectivity index is 2.05. The van der Waals surface area contributed by atoms with E-state index in [1.807, 2.05) is 4.72 Å². The van der Waals surface area contributed by atoms with Crippen molar-refractivity contribution >= 4 is 45.2 Å². The Labute approximate surface area is 150 Å². The van der Waals surface area contributed by atoms with E-state index in [2.05, 4.69) is 5.32 Å². The van der Waals surface area contributed by atoms with E-state index >= 15 is 0 Å². The van der Waals surface area contributed by atoms with Gasteiger partial charge < -0.3 is 5.32 Å². The number of sulfonamides is 1. The Kier molecular flexibility index (Phi) is 5.95. The molecular formula is C17H15ClN2O4S. The summed E-state index contributed by atoms with van der Waals surface area (Å²) in [6, 6.07) is 12.5. The molecule has 0 aliphatic heterocycles. The van der Waals surface area contributed by atoms with Crippen LogP contribution in [0.25, 0.3) is 6.08 Å². The van der Waals surface area contributed by atoms with Gasteiger partial charge in [-0.3, -0.25) is 9.59 Å². The summed E-state index contributed by atoms with van der Waals surface area (Å²) in [7, 11) is -3.90. The molecule has 6 nitrogen and oxygen atoms in total. The molecule has 2 N–H and O–H groups in total. The van der Waals surface area contributed by atoms with Crippen molar-refractivity contribution in [3.8, 4) is 0 Å². The van der Waals surface area contributed by atoms with E-state index in [9.17, 15) is 18.0 Å². The highest BCUT2D eigenvalue weighted by molar-refractivity contribution is 7.90. The van der Waals surface area contributed by atoms with Gasteiger partial charge in [0.2, 0.25) is 11.8 Å². The number of carbonyl (C=O) groups excluding carboxylic acids is 2. The number of benzene rings is 2. The SMILES string of the molecule is CC(=O)NS(=O)(=O)c1ccc(NC(=O)/C=C/c2ccccc2Cl)cc1. The van der Waals surface area contributed by atoms with Gasteiger partial charge in [-0.2, -0.15) is 0 Å². The van der Waals surface area contributed by atoms with E-state index in [1.54, 1.807) is 30.3 Å². The van der Waals surface area contributed by atoms with Crippen molar-refractivity contribution < 1.29 is 18.0 Å². The topological polar surface area (TPSA) is 92.3 Å². The second-order valence-electron chi connectivity index (χ2n) is 5.03. The molecule has 2 amide bonds. The fraction of sp³-hybridized carbons (Fsp3) is 0.0588. The van der Waals surface area contributed by atoms with Gasteiger partial charge in [-0.25, -0.2) is 13.1 Å². The standard InChI is InChI=1S/C17H15ClN2O4S/c1-12(21)20-25(23,24)15-9-7-14(8-10-15)19-17(22)11-6-13-4-2-3-5-16(13)18/h2-11H,1H3,(H,19,22)(H,20,21)/b11-6+. The van der Waals surface area contributed by atoms with Crippen LogP contribution in [0.15, 0.2) is 59.5 Å². The Morgan fingerprint density at radius 3 is 2.28 bits per heavy atom. The van der Waals surface area contributed by atoms with Crippen molar-refractivity contribution in [3.05, 3.63) is 65.2 Å². The molecule has 0 aliphatic carbocycles. The van der Waals surface area contributed by atoms with Crippen LogP contribution in [-0.4, -0.2) is 20.2 Å². The third kappa shape index (κ3) is 5.44. The van der Waals surface area contributed by atoms with Crippen LogP contribution >= 0.6 is 11.6 Å². The number of hydrogen-bond acceptors (Lipinski definition) is 4. The van der Waals surface area contributed by atoms with Crippen molar-refractivity contribution in [1.29, 1.82) is 0 Å². The molecule has 0 spiro atoms. The van der Waals surface area contributed by atoms with Gasteiger partial charge in [0.1, 0.15) is 0 Å². The predicted octanol–water partition coefficient (Wildman–Crippen LogP) is 2.82. The molecule has 0 unspecified atom stereocenters. The lowest BCUT2D eigenvalue weighted by Crippen LogP contribution is -2.28. The molecule has 130 valence electrons. The fourth-order valence-electron chi connectivity index (χ4n) is 1.93. The first kappa shape index (κ1) is 18.7. The van der Waals surface area contributed by atoms with Crippen molar-refractivity contribution in [1.82, 2.24) is 4.72 Å². The number of rotatable bonds is 5. The first-order valence-electron chi connectivity index (χ1n) is 7.15. The van der Waals surface area contributed by atoms with Crippen LogP contribution in [0.2, 0.25) is 5.02 Å². The van der Waals surface area contributed by atoms with Crippen LogP contribution in [-0.2, 0) is 19.6 Å². The third-order valence-electron chi connectivity index (χ3n) is 3.03. The average molecular weight is 379 g/mol. The molecule has 0 bridgehead atoms. The zero-order chi connectivity index (χ0) is 18.4. The second kappa shape index (κ2) is 7.96. The maximum atomic E-state index is 11.9. The molecule has 25 heavy (non-hydrogen) atoms. The molecule has 0 aromatic heterocycles. The summed E-state index contributed by atoms with van der Waals surface area (Å²) in [6.07, 6.45) is 2.90. The summed E-state index contributed by atoms with van der Waals surface area (Å²) in [5.41, 5.74) is 1.12. The minimum atomic E-state index is -3.90. The molecule has 0 heterocycles. The quantitative estimate of drug-likeness (QED) is 0.782. The number of carbonyl (C=O) groups is 2. The van der Waals surface area contributed by atoms with Gasteiger partial charge in [-0.15, -0.1) is 0 Å². The largest absolute Gasteiger partial charge is 0.323 e. The van der Waals surface area contributed by atoms with E-state index in [4.69, 9.17) is 11.6 Å². The average Bonchev–Trinajstić information content (AvgIpc) is 2.53. The van der Waals surface area contributed by atoms with Gasteiger partial charge in [-0.05, 0) is 42.0 Å². The van der Waals surface area contributed by atoms with Gasteiger partial charge in [-0.1, -0.05) is 29.8 Å². The molecule has 0 radical (unpaired) electrons. The minimum Gasteiger partial charge on any atom is -0.323 e. The normalized spacial score (nSPS) is 11.3. The zero-order valence-electron chi connectivity index (χ0n) is 13.2. The van der Waals surface area contributed by atoms with Gasteiger partial charge in [0.25, 0.3) is 10.0 Å². The highest BCUT2D eigenvalue weighted by Gasteiger charge is 2.15. The molecule has 2 aromatic carbocycles. The number of hydrogen-bond donors (Lipinski definition) is 2. The van der Waals surface area contributed by atoms with Gasteiger partial charge in [0.05, 0.1) is 4.90 Å². The zero-order valence-corrected chi connectivity index (χ0v) is 14.8. The highest BCUT2D eigenvalue weighted by Crippen LogP contribution is 2.17. The highest BCUT2D eigenvalue weighted by atomic mass is 35.5. The second-order valence-corrected chi connectivity index (χ2v) is 7.12. The molecule has 0 aliphatic rings. The van der Waals surface area contributed by atoms with Gasteiger partial charge in [0.15, 0.2) is 0 Å². The van der Waals surface area contributed by atoms with Gasteiger partial charge >= 0.3 is 0 Å². The molecule has 0 saturated heterocycles. The smallest absolute Gasteiger partial charge is 0.264 e. The van der Waals surface area contributed by atoms with Crippen molar-refractivity contribution in [2.24, 2.45) is 0 Å². The molecule has 0 fully saturated rings. The van der Waals surface area contributed by atoms with E-state index in [0.29, 0.717) is 16.3 Å². The Morgan fingerprint density at radius 1 is 1.04 bits per heavy atom. The van der Waals surface area contributed by atoms with E-state index < -0.39 is 21.8 Å². The van der Waals surface area contributed by atoms with Crippen LogP contribution in [0.3, 0.4) is 0 Å². The molecule has 2 rings (SSSR count). The molecule has 0 saturated carbocycles. The maximum Gasteiger partial charge on any atom is 0.264 e. The monoisotopic (exact) mass is 378 g/mol. The molecule has 0 atom stereocenters. The van der Waals surface area contributed by atoms with E-state index in [1.165, 1.54) is 30.3 Å². The summed E-state index contributed by atoms with van der Waals surface area (Å²) < 4.78 is 25.5. The lowest BCUT2D eigenvalue weighted by atomic mass is 10.2. The van der Waals surface area contributed by atoms with E-state index in [-0.39, 0.29) is 4.90 Å². The summed E-state index contributed by atoms with van der Waals surface area (Å²) >= 11 is 5.99. The lowest BCUT2D eigenvalue weighted by molar-refractivity contribution is -0.117. The van der Waals surface area contributed by atoms with Crippen molar-refractivity contribution in [3.63, 3.8) is 0 Å². The number of anilines is 1. The summed E-state index contributed by atoms with van der Waals surface area (Å²) in [5.74, 6) is -1.07. The van der Waals surface area contributed by atoms with Crippen LogP contribution in [0.1, 0.15) is 12.5 Å². The summed E-state index contributed by atoms with van der Waals surface area (Å²) in [5, 5.41) is 3.13. The molecular weight excluding hydrogens is 364 g/mol. The Bertz CT molecular complexity index is 922. The third-order valence-corrected chi connectivity index (χ3v) is 4.82. The first-order chi connectivity index (χ1) is 11.8. The van der Waals surface area contributed by atoms with Gasteiger partial charge in [0, 0.05) is 23.7 Å².